The first-order valence-electron chi connectivity index (χ1n) is 11.7. The number of carbonyl (C=O) groups is 4. The third-order valence-electron chi connectivity index (χ3n) is 6.43. The molecule has 0 bridgehead atoms. The Morgan fingerprint density at radius 2 is 1.60 bits per heavy atom. The number of amides is 4. The number of nitrogens with zero attached hydrogens (tertiary/aromatic N) is 2. The molecule has 35 heavy (non-hydrogen) atoms. The van der Waals surface area contributed by atoms with Crippen LogP contribution in [0.15, 0.2) is 48.5 Å². The molecule has 1 unspecified atom stereocenters. The summed E-state index contributed by atoms with van der Waals surface area (Å²) >= 11 is 0. The SMILES string of the molecule is O=C1N[C@H](CCC(=O)N2CCN(C(=O)C3COc4ccccc4O3)CC2)C(=O)Nc2ccccc21. The number of ether oxygens (including phenoxy) is 2. The van der Waals surface area contributed by atoms with Crippen molar-refractivity contribution in [3.8, 4) is 11.5 Å². The minimum atomic E-state index is -0.798. The van der Waals surface area contributed by atoms with Crippen molar-refractivity contribution in [2.45, 2.75) is 25.0 Å². The fourth-order valence-electron chi connectivity index (χ4n) is 4.46. The number of benzene rings is 2. The highest BCUT2D eigenvalue weighted by Gasteiger charge is 2.34. The van der Waals surface area contributed by atoms with Gasteiger partial charge in [0.2, 0.25) is 17.9 Å². The average molecular weight is 479 g/mol. The Hall–Kier alpha value is -4.08. The van der Waals surface area contributed by atoms with Crippen LogP contribution < -0.4 is 20.1 Å². The number of piperazine rings is 1. The smallest absolute Gasteiger partial charge is 0.267 e. The minimum absolute atomic E-state index is 0.110. The minimum Gasteiger partial charge on any atom is -0.485 e. The molecule has 10 heteroatoms. The highest BCUT2D eigenvalue weighted by molar-refractivity contribution is 6.09. The quantitative estimate of drug-likeness (QED) is 0.678. The van der Waals surface area contributed by atoms with Crippen molar-refractivity contribution in [1.29, 1.82) is 0 Å². The summed E-state index contributed by atoms with van der Waals surface area (Å²) in [5, 5.41) is 5.46. The van der Waals surface area contributed by atoms with E-state index in [1.165, 1.54) is 0 Å². The van der Waals surface area contributed by atoms with Crippen LogP contribution in [0.3, 0.4) is 0 Å². The van der Waals surface area contributed by atoms with Crippen molar-refractivity contribution < 1.29 is 28.7 Å². The van der Waals surface area contributed by atoms with Crippen LogP contribution in [-0.2, 0) is 14.4 Å². The lowest BCUT2D eigenvalue weighted by Crippen LogP contribution is -2.55. The van der Waals surface area contributed by atoms with Crippen LogP contribution in [0, 0.1) is 0 Å². The van der Waals surface area contributed by atoms with E-state index in [1.807, 2.05) is 12.1 Å². The molecule has 0 aromatic heterocycles. The maximum Gasteiger partial charge on any atom is 0.267 e. The Balaban J connectivity index is 1.10. The number of hydrogen-bond acceptors (Lipinski definition) is 6. The van der Waals surface area contributed by atoms with E-state index in [2.05, 4.69) is 10.6 Å². The molecule has 1 fully saturated rings. The van der Waals surface area contributed by atoms with Crippen LogP contribution in [0.25, 0.3) is 0 Å². The van der Waals surface area contributed by atoms with Crippen molar-refractivity contribution in [2.75, 3.05) is 38.1 Å². The van der Waals surface area contributed by atoms with Crippen LogP contribution in [0.5, 0.6) is 11.5 Å². The summed E-state index contributed by atoms with van der Waals surface area (Å²) in [7, 11) is 0. The third kappa shape index (κ3) is 4.77. The highest BCUT2D eigenvalue weighted by atomic mass is 16.6. The molecule has 2 aromatic rings. The van der Waals surface area contributed by atoms with Gasteiger partial charge >= 0.3 is 0 Å². The van der Waals surface area contributed by atoms with Gasteiger partial charge in [0.05, 0.1) is 11.3 Å². The molecule has 2 aromatic carbocycles. The summed E-state index contributed by atoms with van der Waals surface area (Å²) in [5.74, 6) is 0.192. The van der Waals surface area contributed by atoms with Gasteiger partial charge in [-0.05, 0) is 30.7 Å². The maximum atomic E-state index is 12.9. The zero-order valence-corrected chi connectivity index (χ0v) is 19.1. The van der Waals surface area contributed by atoms with Crippen LogP contribution in [0.2, 0.25) is 0 Å². The summed E-state index contributed by atoms with van der Waals surface area (Å²) in [6, 6.07) is 13.2. The lowest BCUT2D eigenvalue weighted by atomic mass is 10.1. The first kappa shape index (κ1) is 22.7. The van der Waals surface area contributed by atoms with E-state index >= 15 is 0 Å². The monoisotopic (exact) mass is 478 g/mol. The van der Waals surface area contributed by atoms with E-state index in [4.69, 9.17) is 9.47 Å². The molecule has 2 atom stereocenters. The molecule has 3 aliphatic rings. The van der Waals surface area contributed by atoms with E-state index < -0.39 is 12.1 Å². The van der Waals surface area contributed by atoms with Crippen molar-refractivity contribution in [3.63, 3.8) is 0 Å². The highest BCUT2D eigenvalue weighted by Crippen LogP contribution is 2.31. The van der Waals surface area contributed by atoms with E-state index in [1.54, 1.807) is 46.2 Å². The fraction of sp³-hybridized carbons (Fsp3) is 0.360. The van der Waals surface area contributed by atoms with E-state index in [-0.39, 0.29) is 43.1 Å². The molecule has 0 saturated carbocycles. The van der Waals surface area contributed by atoms with Gasteiger partial charge in [0.15, 0.2) is 11.5 Å². The summed E-state index contributed by atoms with van der Waals surface area (Å²) in [4.78, 5) is 54.0. The Bertz CT molecular complexity index is 1160. The second kappa shape index (κ2) is 9.65. The predicted molar refractivity (Wildman–Crippen MR) is 125 cm³/mol. The van der Waals surface area contributed by atoms with Gasteiger partial charge in [-0.2, -0.15) is 0 Å². The lowest BCUT2D eigenvalue weighted by molar-refractivity contribution is -0.146. The molecule has 5 rings (SSSR count). The number of carbonyl (C=O) groups excluding carboxylic acids is 4. The summed E-state index contributed by atoms with van der Waals surface area (Å²) in [5.41, 5.74) is 0.853. The molecule has 0 aliphatic carbocycles. The van der Waals surface area contributed by atoms with Gasteiger partial charge in [0.1, 0.15) is 12.6 Å². The summed E-state index contributed by atoms with van der Waals surface area (Å²) in [6.07, 6.45) is -0.413. The Morgan fingerprint density at radius 3 is 2.40 bits per heavy atom. The van der Waals surface area contributed by atoms with Crippen molar-refractivity contribution in [3.05, 3.63) is 54.1 Å². The van der Waals surface area contributed by atoms with Crippen molar-refractivity contribution >= 4 is 29.3 Å². The fourth-order valence-corrected chi connectivity index (χ4v) is 4.46. The lowest BCUT2D eigenvalue weighted by Gasteiger charge is -2.37. The zero-order valence-electron chi connectivity index (χ0n) is 19.1. The first-order valence-corrected chi connectivity index (χ1v) is 11.7. The molecule has 0 radical (unpaired) electrons. The second-order valence-corrected chi connectivity index (χ2v) is 8.67. The van der Waals surface area contributed by atoms with Gasteiger partial charge < -0.3 is 29.9 Å². The number of anilines is 1. The van der Waals surface area contributed by atoms with Crippen molar-refractivity contribution in [1.82, 2.24) is 15.1 Å². The number of fused-ring (bicyclic) bond motifs is 2. The van der Waals surface area contributed by atoms with Gasteiger partial charge in [-0.3, -0.25) is 19.2 Å². The Labute approximate surface area is 202 Å². The van der Waals surface area contributed by atoms with Gasteiger partial charge in [-0.15, -0.1) is 0 Å². The van der Waals surface area contributed by atoms with Crippen LogP contribution >= 0.6 is 0 Å². The molecular formula is C25H26N4O6. The molecular weight excluding hydrogens is 452 g/mol. The molecule has 4 amide bonds. The zero-order chi connectivity index (χ0) is 24.4. The normalized spacial score (nSPS) is 21.4. The van der Waals surface area contributed by atoms with E-state index in [0.29, 0.717) is 48.9 Å². The third-order valence-corrected chi connectivity index (χ3v) is 6.43. The number of rotatable bonds is 4. The van der Waals surface area contributed by atoms with Crippen LogP contribution in [-0.4, -0.2) is 78.4 Å². The Kier molecular flexibility index (Phi) is 6.26. The van der Waals surface area contributed by atoms with E-state index in [0.717, 1.165) is 0 Å². The summed E-state index contributed by atoms with van der Waals surface area (Å²) in [6.45, 7) is 1.71. The topological polar surface area (TPSA) is 117 Å². The average Bonchev–Trinajstić information content (AvgIpc) is 3.02. The molecule has 3 heterocycles. The second-order valence-electron chi connectivity index (χ2n) is 8.67. The van der Waals surface area contributed by atoms with Gasteiger partial charge in [0.25, 0.3) is 11.8 Å². The molecule has 2 N–H and O–H groups in total. The van der Waals surface area contributed by atoms with E-state index in [9.17, 15) is 19.2 Å². The maximum absolute atomic E-state index is 12.9. The number of para-hydroxylation sites is 3. The molecule has 10 nitrogen and oxygen atoms in total. The molecule has 182 valence electrons. The van der Waals surface area contributed by atoms with Crippen LogP contribution in [0.1, 0.15) is 23.2 Å². The van der Waals surface area contributed by atoms with Crippen molar-refractivity contribution in [2.24, 2.45) is 0 Å². The predicted octanol–water partition coefficient (Wildman–Crippen LogP) is 1.03. The van der Waals surface area contributed by atoms with Crippen LogP contribution in [0.4, 0.5) is 5.69 Å². The van der Waals surface area contributed by atoms with Gasteiger partial charge in [-0.25, -0.2) is 0 Å². The first-order chi connectivity index (χ1) is 17.0. The van der Waals surface area contributed by atoms with Gasteiger partial charge in [0, 0.05) is 32.6 Å². The summed E-state index contributed by atoms with van der Waals surface area (Å²) < 4.78 is 11.5. The molecule has 0 spiro atoms. The number of hydrogen-bond donors (Lipinski definition) is 2. The Morgan fingerprint density at radius 1 is 0.914 bits per heavy atom. The number of nitrogens with one attached hydrogen (secondary N) is 2. The standard InChI is InChI=1S/C25H26N4O6/c30-22(10-9-18-24(32)26-17-6-2-1-5-16(17)23(31)27-18)28-11-13-29(14-12-28)25(33)21-15-34-19-7-3-4-8-20(19)35-21/h1-8,18,21H,9-15H2,(H,26,32)(H,27,31)/t18-,21?/m1/s1. The molecule has 3 aliphatic heterocycles. The largest absolute Gasteiger partial charge is 0.485 e. The van der Waals surface area contributed by atoms with Gasteiger partial charge in [-0.1, -0.05) is 24.3 Å². The molecule has 1 saturated heterocycles.